The minimum Gasteiger partial charge on any atom is -0.393 e. The van der Waals surface area contributed by atoms with Gasteiger partial charge < -0.3 is 15.3 Å². The van der Waals surface area contributed by atoms with Gasteiger partial charge in [-0.2, -0.15) is 0 Å². The molecule has 0 bridgehead atoms. The molecule has 0 radical (unpaired) electrons. The van der Waals surface area contributed by atoms with E-state index in [9.17, 15) is 15.3 Å². The highest BCUT2D eigenvalue weighted by Gasteiger charge is 2.37. The highest BCUT2D eigenvalue weighted by molar-refractivity contribution is 5.38. The van der Waals surface area contributed by atoms with Crippen molar-refractivity contribution in [2.75, 3.05) is 0 Å². The maximum atomic E-state index is 10.1. The second-order valence-electron chi connectivity index (χ2n) is 10.8. The van der Waals surface area contributed by atoms with E-state index in [1.807, 2.05) is 13.8 Å². The number of hydrogen-bond acceptors (Lipinski definition) is 3. The molecule has 0 amide bonds. The lowest BCUT2D eigenvalue weighted by molar-refractivity contribution is 0.0610. The van der Waals surface area contributed by atoms with Gasteiger partial charge in [0.15, 0.2) is 0 Å². The van der Waals surface area contributed by atoms with Crippen molar-refractivity contribution in [2.24, 2.45) is 17.3 Å². The maximum Gasteiger partial charge on any atom is 0.0811 e. The van der Waals surface area contributed by atoms with Crippen LogP contribution in [0.15, 0.2) is 35.5 Å². The molecule has 0 aliphatic heterocycles. The van der Waals surface area contributed by atoms with Crippen molar-refractivity contribution in [1.82, 2.24) is 0 Å². The normalized spacial score (nSPS) is 33.9. The monoisotopic (exact) mass is 404 g/mol. The van der Waals surface area contributed by atoms with E-state index in [4.69, 9.17) is 0 Å². The van der Waals surface area contributed by atoms with E-state index < -0.39 is 17.8 Å². The van der Waals surface area contributed by atoms with Gasteiger partial charge >= 0.3 is 0 Å². The van der Waals surface area contributed by atoms with Gasteiger partial charge in [-0.1, -0.05) is 57.9 Å². The molecule has 29 heavy (non-hydrogen) atoms. The van der Waals surface area contributed by atoms with Crippen LogP contribution in [0.3, 0.4) is 0 Å². The fraction of sp³-hybridized carbons (Fsp3) is 0.769. The van der Waals surface area contributed by atoms with Crippen LogP contribution < -0.4 is 0 Å². The molecule has 0 saturated heterocycles. The lowest BCUT2D eigenvalue weighted by Gasteiger charge is -2.43. The Morgan fingerprint density at radius 3 is 2.59 bits per heavy atom. The summed E-state index contributed by atoms with van der Waals surface area (Å²) in [7, 11) is 0. The Kier molecular flexibility index (Phi) is 8.35. The van der Waals surface area contributed by atoms with Crippen LogP contribution in [-0.2, 0) is 0 Å². The zero-order chi connectivity index (χ0) is 21.8. The van der Waals surface area contributed by atoms with Crippen LogP contribution in [0.1, 0.15) is 92.4 Å². The third-order valence-corrected chi connectivity index (χ3v) is 7.56. The summed E-state index contributed by atoms with van der Waals surface area (Å²) >= 11 is 0. The van der Waals surface area contributed by atoms with Crippen LogP contribution in [0, 0.1) is 17.3 Å². The van der Waals surface area contributed by atoms with E-state index in [1.165, 1.54) is 24.8 Å². The second-order valence-corrected chi connectivity index (χ2v) is 10.8. The number of aliphatic hydroxyl groups is 3. The summed E-state index contributed by atoms with van der Waals surface area (Å²) in [4.78, 5) is 0. The molecule has 0 aromatic rings. The molecule has 0 spiro atoms. The maximum absolute atomic E-state index is 10.1. The summed E-state index contributed by atoms with van der Waals surface area (Å²) in [5.41, 5.74) is 2.97. The molecule has 3 N–H and O–H groups in total. The van der Waals surface area contributed by atoms with Crippen molar-refractivity contribution in [3.63, 3.8) is 0 Å². The molecule has 0 heterocycles. The van der Waals surface area contributed by atoms with E-state index in [0.717, 1.165) is 36.8 Å². The highest BCUT2D eigenvalue weighted by atomic mass is 16.3. The molecule has 2 aliphatic carbocycles. The summed E-state index contributed by atoms with van der Waals surface area (Å²) in [6.45, 7) is 15.0. The molecule has 0 unspecified atom stereocenters. The van der Waals surface area contributed by atoms with Crippen molar-refractivity contribution < 1.29 is 15.3 Å². The smallest absolute Gasteiger partial charge is 0.0811 e. The van der Waals surface area contributed by atoms with Gasteiger partial charge in [0.05, 0.1) is 17.8 Å². The van der Waals surface area contributed by atoms with Crippen LogP contribution in [0.25, 0.3) is 0 Å². The molecular weight excluding hydrogens is 360 g/mol. The number of aliphatic hydroxyl groups excluding tert-OH is 2. The van der Waals surface area contributed by atoms with Crippen molar-refractivity contribution in [2.45, 2.75) is 110 Å². The van der Waals surface area contributed by atoms with Crippen LogP contribution in [0.4, 0.5) is 0 Å². The summed E-state index contributed by atoms with van der Waals surface area (Å²) in [5, 5.41) is 30.0. The first-order valence-electron chi connectivity index (χ1n) is 11.6. The van der Waals surface area contributed by atoms with Crippen LogP contribution in [0.2, 0.25) is 0 Å². The van der Waals surface area contributed by atoms with Crippen LogP contribution in [-0.4, -0.2) is 33.1 Å². The first-order chi connectivity index (χ1) is 13.4. The molecule has 3 heteroatoms. The lowest BCUT2D eigenvalue weighted by Crippen LogP contribution is -2.33. The van der Waals surface area contributed by atoms with Crippen molar-refractivity contribution in [1.29, 1.82) is 0 Å². The summed E-state index contributed by atoms with van der Waals surface area (Å²) < 4.78 is 0. The Morgan fingerprint density at radius 2 is 1.93 bits per heavy atom. The van der Waals surface area contributed by atoms with E-state index in [2.05, 4.69) is 39.5 Å². The Labute approximate surface area is 178 Å². The minimum atomic E-state index is -0.621. The van der Waals surface area contributed by atoms with Crippen molar-refractivity contribution in [3.05, 3.63) is 35.5 Å². The van der Waals surface area contributed by atoms with E-state index in [0.29, 0.717) is 30.1 Å². The van der Waals surface area contributed by atoms with Gasteiger partial charge in [0.25, 0.3) is 0 Å². The van der Waals surface area contributed by atoms with Crippen molar-refractivity contribution >= 4 is 0 Å². The summed E-state index contributed by atoms with van der Waals surface area (Å²) in [5.74, 6) is 1.28. The van der Waals surface area contributed by atoms with Gasteiger partial charge in [-0.15, -0.1) is 0 Å². The van der Waals surface area contributed by atoms with Gasteiger partial charge in [0, 0.05) is 6.42 Å². The zero-order valence-electron chi connectivity index (χ0n) is 19.4. The number of allylic oxidation sites excluding steroid dienone is 3. The zero-order valence-corrected chi connectivity index (χ0v) is 19.4. The average Bonchev–Trinajstić information content (AvgIpc) is 2.61. The molecule has 166 valence electrons. The lowest BCUT2D eigenvalue weighted by atomic mass is 9.62. The molecule has 0 aromatic heterocycles. The SMILES string of the molecule is C=C1/C(=C\C=C2/CCC[C@](C)([C@@H](C)[C@@H](C)CCCC(C)(C)O)C2)C[C@@H](O)C[C@@H]1O. The molecule has 2 rings (SSSR count). The fourth-order valence-electron chi connectivity index (χ4n) is 5.22. The van der Waals surface area contributed by atoms with Gasteiger partial charge in [-0.3, -0.25) is 0 Å². The van der Waals surface area contributed by atoms with E-state index in [-0.39, 0.29) is 0 Å². The molecule has 3 nitrogen and oxygen atoms in total. The molecule has 2 aliphatic rings. The van der Waals surface area contributed by atoms with Crippen LogP contribution >= 0.6 is 0 Å². The predicted octanol–water partition coefficient (Wildman–Crippen LogP) is 5.70. The number of rotatable bonds is 7. The van der Waals surface area contributed by atoms with E-state index in [1.54, 1.807) is 0 Å². The molecule has 2 saturated carbocycles. The quantitative estimate of drug-likeness (QED) is 0.510. The summed E-state index contributed by atoms with van der Waals surface area (Å²) in [6, 6.07) is 0. The standard InChI is InChI=1S/C26H44O3/c1-18(9-7-13-25(4,5)29)20(3)26(6)14-8-10-21(17-26)11-12-22-15-23(27)16-24(28)19(22)2/h11-12,18,20,23-24,27-29H,2,7-10,13-17H2,1,3-6H3/b21-11+,22-12-/t18-,20-,23+,24-,26-/m0/s1. The van der Waals surface area contributed by atoms with Gasteiger partial charge in [0.1, 0.15) is 0 Å². The Morgan fingerprint density at radius 1 is 1.24 bits per heavy atom. The van der Waals surface area contributed by atoms with Gasteiger partial charge in [-0.25, -0.2) is 0 Å². The van der Waals surface area contributed by atoms with Gasteiger partial charge in [-0.05, 0) is 80.8 Å². The topological polar surface area (TPSA) is 60.7 Å². The Hall–Kier alpha value is -0.900. The largest absolute Gasteiger partial charge is 0.393 e. The van der Waals surface area contributed by atoms with Crippen LogP contribution in [0.5, 0.6) is 0 Å². The molecule has 0 aromatic carbocycles. The third-order valence-electron chi connectivity index (χ3n) is 7.56. The minimum absolute atomic E-state index is 0.305. The Bertz CT molecular complexity index is 624. The summed E-state index contributed by atoms with van der Waals surface area (Å²) in [6.07, 6.45) is 12.1. The highest BCUT2D eigenvalue weighted by Crippen LogP contribution is 2.48. The second kappa shape index (κ2) is 9.94. The Balaban J connectivity index is 2.01. The molecule has 5 atom stereocenters. The molecular formula is C26H44O3. The average molecular weight is 405 g/mol. The number of hydrogen-bond donors (Lipinski definition) is 3. The van der Waals surface area contributed by atoms with Crippen molar-refractivity contribution in [3.8, 4) is 0 Å². The van der Waals surface area contributed by atoms with Gasteiger partial charge in [0.2, 0.25) is 0 Å². The molecule has 2 fully saturated rings. The fourth-order valence-corrected chi connectivity index (χ4v) is 5.22. The van der Waals surface area contributed by atoms with E-state index >= 15 is 0 Å². The first-order valence-corrected chi connectivity index (χ1v) is 11.6. The third kappa shape index (κ3) is 7.08. The predicted molar refractivity (Wildman–Crippen MR) is 122 cm³/mol. The first kappa shape index (κ1) is 24.4.